The van der Waals surface area contributed by atoms with Crippen LogP contribution in [-0.4, -0.2) is 60.7 Å². The molecular weight excluding hydrogens is 447 g/mol. The first-order valence-electron chi connectivity index (χ1n) is 9.73. The van der Waals surface area contributed by atoms with Crippen molar-refractivity contribution in [2.45, 2.75) is 35.5 Å². The van der Waals surface area contributed by atoms with E-state index in [2.05, 4.69) is 10.3 Å². The van der Waals surface area contributed by atoms with E-state index in [0.29, 0.717) is 5.75 Å². The molecule has 3 N–H and O–H groups in total. The van der Waals surface area contributed by atoms with Crippen molar-refractivity contribution in [3.63, 3.8) is 0 Å². The van der Waals surface area contributed by atoms with E-state index in [-0.39, 0.29) is 11.3 Å². The molecule has 1 saturated heterocycles. The number of ether oxygens (including phenoxy) is 1. The van der Waals surface area contributed by atoms with E-state index in [0.717, 1.165) is 22.4 Å². The maximum Gasteiger partial charge on any atom is 0.194 e. The van der Waals surface area contributed by atoms with Gasteiger partial charge < -0.3 is 20.1 Å². The zero-order valence-corrected chi connectivity index (χ0v) is 17.4. The van der Waals surface area contributed by atoms with E-state index in [1.807, 2.05) is 30.3 Å². The van der Waals surface area contributed by atoms with Gasteiger partial charge in [-0.25, -0.2) is 17.9 Å². The van der Waals surface area contributed by atoms with Crippen LogP contribution in [0.3, 0.4) is 0 Å². The lowest BCUT2D eigenvalue weighted by molar-refractivity contribution is -0.178. The summed E-state index contributed by atoms with van der Waals surface area (Å²) in [6.45, 7) is -0.497. The molecule has 2 heterocycles. The van der Waals surface area contributed by atoms with Crippen LogP contribution in [0.5, 0.6) is 0 Å². The van der Waals surface area contributed by atoms with Gasteiger partial charge in [0.05, 0.1) is 12.8 Å². The molecule has 11 heteroatoms. The molecule has 1 fully saturated rings. The van der Waals surface area contributed by atoms with Gasteiger partial charge in [-0.2, -0.15) is 0 Å². The average molecular weight is 467 g/mol. The Kier molecular flexibility index (Phi) is 6.82. The van der Waals surface area contributed by atoms with Crippen LogP contribution in [0.4, 0.5) is 13.2 Å². The first-order valence-corrected chi connectivity index (χ1v) is 10.8. The van der Waals surface area contributed by atoms with Gasteiger partial charge in [-0.05, 0) is 17.7 Å². The Labute approximate surface area is 185 Å². The molecule has 32 heavy (non-hydrogen) atoms. The van der Waals surface area contributed by atoms with E-state index in [1.54, 1.807) is 0 Å². The summed E-state index contributed by atoms with van der Waals surface area (Å²) in [5.41, 5.74) is 0.161. The standard InChI is InChI=1S/C21H20F3N3O4S/c22-13-6-12(7-14(23)17(13)24)15-8-27(26-25-15)18-19(29)16(9-28)31-21(20(18)30)32-10-11-4-2-1-3-5-11/h1-8,16,18-21,28-30H,9-10H2. The molecule has 0 radical (unpaired) electrons. The van der Waals surface area contributed by atoms with E-state index >= 15 is 0 Å². The molecule has 0 saturated carbocycles. The molecule has 5 unspecified atom stereocenters. The smallest absolute Gasteiger partial charge is 0.194 e. The monoisotopic (exact) mass is 467 g/mol. The Hall–Kier alpha value is -2.44. The number of hydrogen-bond acceptors (Lipinski definition) is 7. The number of hydrogen-bond donors (Lipinski definition) is 3. The highest BCUT2D eigenvalue weighted by molar-refractivity contribution is 7.99. The molecular formula is C21H20F3N3O4S. The summed E-state index contributed by atoms with van der Waals surface area (Å²) in [6, 6.07) is 9.99. The van der Waals surface area contributed by atoms with Crippen LogP contribution in [0.2, 0.25) is 0 Å². The third-order valence-corrected chi connectivity index (χ3v) is 6.42. The van der Waals surface area contributed by atoms with Gasteiger partial charge in [0.15, 0.2) is 17.5 Å². The summed E-state index contributed by atoms with van der Waals surface area (Å²) >= 11 is 1.29. The van der Waals surface area contributed by atoms with E-state index < -0.39 is 53.8 Å². The summed E-state index contributed by atoms with van der Waals surface area (Å²) in [4.78, 5) is 0. The van der Waals surface area contributed by atoms with E-state index in [1.165, 1.54) is 18.0 Å². The number of thioether (sulfide) groups is 1. The number of aliphatic hydroxyl groups excluding tert-OH is 3. The Morgan fingerprint density at radius 1 is 1.03 bits per heavy atom. The second-order valence-electron chi connectivity index (χ2n) is 7.33. The molecule has 4 rings (SSSR count). The topological polar surface area (TPSA) is 101 Å². The Balaban J connectivity index is 1.58. The van der Waals surface area contributed by atoms with Crippen LogP contribution in [0, 0.1) is 17.5 Å². The number of benzene rings is 2. The second kappa shape index (κ2) is 9.59. The van der Waals surface area contributed by atoms with Crippen LogP contribution >= 0.6 is 11.8 Å². The van der Waals surface area contributed by atoms with Gasteiger partial charge in [-0.1, -0.05) is 35.5 Å². The molecule has 1 aliphatic rings. The lowest BCUT2D eigenvalue weighted by Gasteiger charge is -2.41. The highest BCUT2D eigenvalue weighted by Gasteiger charge is 2.46. The average Bonchev–Trinajstić information content (AvgIpc) is 3.27. The summed E-state index contributed by atoms with van der Waals surface area (Å²) in [6.07, 6.45) is -2.29. The molecule has 0 aliphatic carbocycles. The zero-order chi connectivity index (χ0) is 22.8. The fraction of sp³-hybridized carbons (Fsp3) is 0.333. The first-order chi connectivity index (χ1) is 15.4. The van der Waals surface area contributed by atoms with E-state index in [4.69, 9.17) is 4.74 Å². The van der Waals surface area contributed by atoms with Crippen molar-refractivity contribution < 1.29 is 33.2 Å². The molecule has 1 aromatic heterocycles. The predicted octanol–water partition coefficient (Wildman–Crippen LogP) is 2.28. The van der Waals surface area contributed by atoms with Crippen molar-refractivity contribution in [1.82, 2.24) is 15.0 Å². The molecule has 0 amide bonds. The van der Waals surface area contributed by atoms with Gasteiger partial charge in [0, 0.05) is 11.3 Å². The highest BCUT2D eigenvalue weighted by Crippen LogP contribution is 2.36. The van der Waals surface area contributed by atoms with E-state index in [9.17, 15) is 28.5 Å². The van der Waals surface area contributed by atoms with Gasteiger partial charge in [-0.15, -0.1) is 16.9 Å². The zero-order valence-electron chi connectivity index (χ0n) is 16.6. The summed E-state index contributed by atoms with van der Waals surface area (Å²) < 4.78 is 47.3. The van der Waals surface area contributed by atoms with Crippen LogP contribution in [0.25, 0.3) is 11.3 Å². The molecule has 1 aliphatic heterocycles. The maximum absolute atomic E-state index is 13.6. The van der Waals surface area contributed by atoms with Crippen LogP contribution < -0.4 is 0 Å². The van der Waals surface area contributed by atoms with Crippen LogP contribution in [0.15, 0.2) is 48.7 Å². The molecule has 7 nitrogen and oxygen atoms in total. The van der Waals surface area contributed by atoms with Crippen molar-refractivity contribution in [1.29, 1.82) is 0 Å². The predicted molar refractivity (Wildman–Crippen MR) is 110 cm³/mol. The van der Waals surface area contributed by atoms with Crippen molar-refractivity contribution >= 4 is 11.8 Å². The second-order valence-corrected chi connectivity index (χ2v) is 8.42. The van der Waals surface area contributed by atoms with Crippen molar-refractivity contribution in [2.75, 3.05) is 6.61 Å². The SMILES string of the molecule is OCC1OC(SCc2ccccc2)C(O)C(n2cc(-c3cc(F)c(F)c(F)c3)nn2)C1O. The summed E-state index contributed by atoms with van der Waals surface area (Å²) in [5, 5.41) is 38.9. The molecule has 5 atom stereocenters. The quantitative estimate of drug-likeness (QED) is 0.478. The Morgan fingerprint density at radius 2 is 1.72 bits per heavy atom. The van der Waals surface area contributed by atoms with Gasteiger partial charge >= 0.3 is 0 Å². The number of aliphatic hydroxyl groups is 3. The number of halogens is 3. The number of aromatic nitrogens is 3. The normalized spacial score (nSPS) is 25.8. The number of nitrogens with zero attached hydrogens (tertiary/aromatic N) is 3. The Bertz CT molecular complexity index is 1050. The summed E-state index contributed by atoms with van der Waals surface area (Å²) in [7, 11) is 0. The third-order valence-electron chi connectivity index (χ3n) is 5.20. The first kappa shape index (κ1) is 22.7. The van der Waals surface area contributed by atoms with Gasteiger partial charge in [-0.3, -0.25) is 0 Å². The molecule has 170 valence electrons. The third kappa shape index (κ3) is 4.52. The van der Waals surface area contributed by atoms with Crippen LogP contribution in [-0.2, 0) is 10.5 Å². The fourth-order valence-electron chi connectivity index (χ4n) is 3.53. The largest absolute Gasteiger partial charge is 0.394 e. The minimum atomic E-state index is -1.60. The highest BCUT2D eigenvalue weighted by atomic mass is 32.2. The maximum atomic E-state index is 13.6. The molecule has 3 aromatic rings. The summed E-state index contributed by atoms with van der Waals surface area (Å²) in [5.74, 6) is -3.84. The van der Waals surface area contributed by atoms with Crippen LogP contribution in [0.1, 0.15) is 11.6 Å². The van der Waals surface area contributed by atoms with Gasteiger partial charge in [0.25, 0.3) is 0 Å². The van der Waals surface area contributed by atoms with Crippen molar-refractivity contribution in [2.24, 2.45) is 0 Å². The Morgan fingerprint density at radius 3 is 2.38 bits per heavy atom. The lowest BCUT2D eigenvalue weighted by atomic mass is 9.97. The molecule has 0 bridgehead atoms. The minimum Gasteiger partial charge on any atom is -0.394 e. The molecule has 0 spiro atoms. The fourth-order valence-corrected chi connectivity index (χ4v) is 4.66. The van der Waals surface area contributed by atoms with Crippen molar-refractivity contribution in [3.8, 4) is 11.3 Å². The van der Waals surface area contributed by atoms with Gasteiger partial charge in [0.2, 0.25) is 0 Å². The van der Waals surface area contributed by atoms with Gasteiger partial charge in [0.1, 0.15) is 35.5 Å². The van der Waals surface area contributed by atoms with Crippen molar-refractivity contribution in [3.05, 3.63) is 71.7 Å². The molecule has 2 aromatic carbocycles. The lowest BCUT2D eigenvalue weighted by Crippen LogP contribution is -2.55. The number of rotatable bonds is 6. The minimum absolute atomic E-state index is 0.0164.